The van der Waals surface area contributed by atoms with Crippen molar-refractivity contribution in [2.75, 3.05) is 0 Å². The van der Waals surface area contributed by atoms with E-state index in [1.54, 1.807) is 0 Å². The van der Waals surface area contributed by atoms with Gasteiger partial charge in [-0.3, -0.25) is 4.79 Å². The first kappa shape index (κ1) is 10.2. The fourth-order valence-electron chi connectivity index (χ4n) is 1.78. The van der Waals surface area contributed by atoms with Gasteiger partial charge in [-0.25, -0.2) is 0 Å². The Morgan fingerprint density at radius 1 is 1.54 bits per heavy atom. The Balaban J connectivity index is 2.90. The Kier molecular flexibility index (Phi) is 3.07. The van der Waals surface area contributed by atoms with Crippen LogP contribution in [0.25, 0.3) is 0 Å². The number of Topliss-reactive ketones (excluding diaryl/α,β-unsaturated/α-hetero) is 1. The summed E-state index contributed by atoms with van der Waals surface area (Å²) < 4.78 is 0. The summed E-state index contributed by atoms with van der Waals surface area (Å²) in [6.45, 7) is 8.29. The van der Waals surface area contributed by atoms with Crippen LogP contribution in [-0.4, -0.2) is 5.78 Å². The van der Waals surface area contributed by atoms with Crippen molar-refractivity contribution in [2.24, 2.45) is 11.8 Å². The number of hydrogen-bond acceptors (Lipinski definition) is 1. The molecule has 1 aliphatic carbocycles. The minimum atomic E-state index is 0.0822. The molecule has 0 aromatic rings. The van der Waals surface area contributed by atoms with Crippen molar-refractivity contribution in [2.45, 2.75) is 34.1 Å². The highest BCUT2D eigenvalue weighted by molar-refractivity contribution is 5.99. The fraction of sp³-hybridized carbons (Fsp3) is 0.583. The minimum Gasteiger partial charge on any atom is -0.294 e. The summed E-state index contributed by atoms with van der Waals surface area (Å²) in [6, 6.07) is 0. The Morgan fingerprint density at radius 3 is 2.69 bits per heavy atom. The van der Waals surface area contributed by atoms with Crippen molar-refractivity contribution in [1.29, 1.82) is 0 Å². The van der Waals surface area contributed by atoms with E-state index in [1.165, 1.54) is 5.57 Å². The van der Waals surface area contributed by atoms with E-state index in [0.29, 0.717) is 11.7 Å². The molecule has 0 bridgehead atoms. The lowest BCUT2D eigenvalue weighted by atomic mass is 9.85. The molecule has 1 unspecified atom stereocenters. The van der Waals surface area contributed by atoms with Crippen LogP contribution >= 0.6 is 0 Å². The normalized spacial score (nSPS) is 26.8. The zero-order valence-corrected chi connectivity index (χ0v) is 8.92. The summed E-state index contributed by atoms with van der Waals surface area (Å²) in [4.78, 5) is 11.7. The Morgan fingerprint density at radius 2 is 2.15 bits per heavy atom. The van der Waals surface area contributed by atoms with Crippen LogP contribution < -0.4 is 0 Å². The average Bonchev–Trinajstić information content (AvgIpc) is 1.98. The third-order valence-corrected chi connectivity index (χ3v) is 2.27. The number of rotatable bonds is 1. The maximum atomic E-state index is 11.7. The molecule has 1 rings (SSSR count). The second-order valence-electron chi connectivity index (χ2n) is 4.28. The van der Waals surface area contributed by atoms with Crippen LogP contribution in [0, 0.1) is 11.8 Å². The highest BCUT2D eigenvalue weighted by atomic mass is 16.1. The first-order chi connectivity index (χ1) is 6.00. The standard InChI is InChI=1S/C12H18O/c1-8(2)5-11-7-9(3)6-10(4)12(11)13/h5-6,8,10H,7H2,1-4H3. The van der Waals surface area contributed by atoms with Crippen LogP contribution in [0.1, 0.15) is 34.1 Å². The minimum absolute atomic E-state index is 0.0822. The van der Waals surface area contributed by atoms with Crippen molar-refractivity contribution in [3.63, 3.8) is 0 Å². The molecular weight excluding hydrogens is 160 g/mol. The van der Waals surface area contributed by atoms with Crippen LogP contribution in [-0.2, 0) is 4.79 Å². The molecule has 0 aromatic carbocycles. The molecule has 0 spiro atoms. The summed E-state index contributed by atoms with van der Waals surface area (Å²) in [7, 11) is 0. The summed E-state index contributed by atoms with van der Waals surface area (Å²) in [6.07, 6.45) is 5.01. The lowest BCUT2D eigenvalue weighted by Gasteiger charge is -2.18. The van der Waals surface area contributed by atoms with Gasteiger partial charge in [-0.2, -0.15) is 0 Å². The van der Waals surface area contributed by atoms with Gasteiger partial charge in [-0.1, -0.05) is 38.5 Å². The van der Waals surface area contributed by atoms with Gasteiger partial charge in [0.15, 0.2) is 5.78 Å². The third kappa shape index (κ3) is 2.55. The van der Waals surface area contributed by atoms with E-state index in [-0.39, 0.29) is 5.92 Å². The molecule has 0 amide bonds. The topological polar surface area (TPSA) is 17.1 Å². The summed E-state index contributed by atoms with van der Waals surface area (Å²) in [5.41, 5.74) is 2.32. The SMILES string of the molecule is CC1=CC(C)C(=O)C(=CC(C)C)C1. The van der Waals surface area contributed by atoms with Crippen LogP contribution in [0.4, 0.5) is 0 Å². The first-order valence-corrected chi connectivity index (χ1v) is 4.93. The molecule has 0 radical (unpaired) electrons. The zero-order chi connectivity index (χ0) is 10.0. The summed E-state index contributed by atoms with van der Waals surface area (Å²) in [5.74, 6) is 0.857. The average molecular weight is 178 g/mol. The largest absolute Gasteiger partial charge is 0.294 e. The van der Waals surface area contributed by atoms with Crippen LogP contribution in [0.15, 0.2) is 23.3 Å². The number of ketones is 1. The first-order valence-electron chi connectivity index (χ1n) is 4.93. The number of hydrogen-bond donors (Lipinski definition) is 0. The molecule has 72 valence electrons. The third-order valence-electron chi connectivity index (χ3n) is 2.27. The van der Waals surface area contributed by atoms with E-state index < -0.39 is 0 Å². The smallest absolute Gasteiger partial charge is 0.165 e. The molecular formula is C12H18O. The molecule has 0 saturated carbocycles. The predicted molar refractivity (Wildman–Crippen MR) is 55.5 cm³/mol. The quantitative estimate of drug-likeness (QED) is 0.445. The monoisotopic (exact) mass is 178 g/mol. The lowest BCUT2D eigenvalue weighted by molar-refractivity contribution is -0.117. The van der Waals surface area contributed by atoms with Gasteiger partial charge in [-0.05, 0) is 24.8 Å². The molecule has 1 nitrogen and oxygen atoms in total. The van der Waals surface area contributed by atoms with E-state index in [2.05, 4.69) is 32.9 Å². The van der Waals surface area contributed by atoms with Gasteiger partial charge in [0.05, 0.1) is 0 Å². The van der Waals surface area contributed by atoms with E-state index in [1.807, 2.05) is 6.92 Å². The van der Waals surface area contributed by atoms with Gasteiger partial charge in [0.1, 0.15) is 0 Å². The summed E-state index contributed by atoms with van der Waals surface area (Å²) >= 11 is 0. The number of carbonyl (C=O) groups is 1. The fourth-order valence-corrected chi connectivity index (χ4v) is 1.78. The molecule has 0 aromatic heterocycles. The van der Waals surface area contributed by atoms with Crippen LogP contribution in [0.3, 0.4) is 0 Å². The Hall–Kier alpha value is -0.850. The van der Waals surface area contributed by atoms with Gasteiger partial charge < -0.3 is 0 Å². The molecule has 13 heavy (non-hydrogen) atoms. The summed E-state index contributed by atoms with van der Waals surface area (Å²) in [5, 5.41) is 0. The van der Waals surface area contributed by atoms with Crippen molar-refractivity contribution in [3.05, 3.63) is 23.3 Å². The Labute approximate surface area is 80.5 Å². The molecule has 0 heterocycles. The van der Waals surface area contributed by atoms with Crippen molar-refractivity contribution in [1.82, 2.24) is 0 Å². The highest BCUT2D eigenvalue weighted by Gasteiger charge is 2.20. The van der Waals surface area contributed by atoms with Gasteiger partial charge in [0.2, 0.25) is 0 Å². The van der Waals surface area contributed by atoms with Crippen molar-refractivity contribution < 1.29 is 4.79 Å². The van der Waals surface area contributed by atoms with E-state index in [0.717, 1.165) is 12.0 Å². The lowest BCUT2D eigenvalue weighted by Crippen LogP contribution is -2.17. The van der Waals surface area contributed by atoms with E-state index in [9.17, 15) is 4.79 Å². The van der Waals surface area contributed by atoms with Crippen LogP contribution in [0.2, 0.25) is 0 Å². The van der Waals surface area contributed by atoms with Crippen molar-refractivity contribution >= 4 is 5.78 Å². The Bertz CT molecular complexity index is 269. The van der Waals surface area contributed by atoms with Gasteiger partial charge in [0, 0.05) is 5.92 Å². The zero-order valence-electron chi connectivity index (χ0n) is 8.92. The van der Waals surface area contributed by atoms with Gasteiger partial charge >= 0.3 is 0 Å². The second-order valence-corrected chi connectivity index (χ2v) is 4.28. The molecule has 1 atom stereocenters. The number of carbonyl (C=O) groups excluding carboxylic acids is 1. The van der Waals surface area contributed by atoms with Gasteiger partial charge in [-0.15, -0.1) is 0 Å². The van der Waals surface area contributed by atoms with E-state index >= 15 is 0 Å². The predicted octanol–water partition coefficient (Wildman–Crippen LogP) is 3.12. The van der Waals surface area contributed by atoms with Gasteiger partial charge in [0.25, 0.3) is 0 Å². The maximum absolute atomic E-state index is 11.7. The molecule has 1 aliphatic rings. The number of allylic oxidation sites excluding steroid dienone is 4. The molecule has 0 N–H and O–H groups in total. The molecule has 0 fully saturated rings. The van der Waals surface area contributed by atoms with Crippen molar-refractivity contribution in [3.8, 4) is 0 Å². The van der Waals surface area contributed by atoms with E-state index in [4.69, 9.17) is 0 Å². The molecule has 1 heteroatoms. The molecule has 0 saturated heterocycles. The molecule has 0 aliphatic heterocycles. The maximum Gasteiger partial charge on any atom is 0.165 e. The second kappa shape index (κ2) is 3.91. The van der Waals surface area contributed by atoms with Crippen LogP contribution in [0.5, 0.6) is 0 Å². The highest BCUT2D eigenvalue weighted by Crippen LogP contribution is 2.24.